The zero-order chi connectivity index (χ0) is 19.5. The Morgan fingerprint density at radius 1 is 1.11 bits per heavy atom. The Morgan fingerprint density at radius 2 is 1.89 bits per heavy atom. The van der Waals surface area contributed by atoms with Crippen molar-refractivity contribution in [1.29, 1.82) is 0 Å². The minimum Gasteiger partial charge on any atom is -0.370 e. The maximum Gasteiger partial charge on any atom is 0.120 e. The van der Waals surface area contributed by atoms with Crippen molar-refractivity contribution in [1.82, 2.24) is 4.98 Å². The Bertz CT molecular complexity index is 979. The molecular weight excluding hydrogens is 360 g/mol. The van der Waals surface area contributed by atoms with E-state index in [0.717, 1.165) is 35.4 Å². The molecule has 2 heterocycles. The predicted octanol–water partition coefficient (Wildman–Crippen LogP) is 6.80. The number of anilines is 1. The summed E-state index contributed by atoms with van der Waals surface area (Å²) in [4.78, 5) is 7.55. The number of hydrogen-bond donors (Lipinski definition) is 0. The third kappa shape index (κ3) is 4.00. The first-order valence-corrected chi connectivity index (χ1v) is 11.4. The van der Waals surface area contributed by atoms with E-state index < -0.39 is 0 Å². The van der Waals surface area contributed by atoms with Gasteiger partial charge in [-0.25, -0.2) is 4.98 Å². The highest BCUT2D eigenvalue weighted by molar-refractivity contribution is 7.20. The van der Waals surface area contributed by atoms with Gasteiger partial charge in [-0.2, -0.15) is 0 Å². The number of thiazole rings is 1. The maximum atomic E-state index is 5.01. The molecule has 3 heteroatoms. The van der Waals surface area contributed by atoms with E-state index in [1.54, 1.807) is 0 Å². The largest absolute Gasteiger partial charge is 0.370 e. The van der Waals surface area contributed by atoms with E-state index >= 15 is 0 Å². The number of aromatic nitrogens is 1. The van der Waals surface area contributed by atoms with Crippen LogP contribution in [0.5, 0.6) is 0 Å². The second kappa shape index (κ2) is 8.48. The molecular formula is C25H30N2S. The molecule has 28 heavy (non-hydrogen) atoms. The lowest BCUT2D eigenvalue weighted by atomic mass is 10.0. The molecule has 1 aliphatic rings. The highest BCUT2D eigenvalue weighted by Gasteiger charge is 2.18. The SMILES string of the molecule is C=C(CCc1cccc(CC)c1)c1nc2c(C)ccc(N3CCCCC3)c2s1. The molecule has 1 aliphatic heterocycles. The van der Waals surface area contributed by atoms with Crippen LogP contribution < -0.4 is 4.90 Å². The zero-order valence-corrected chi connectivity index (χ0v) is 17.9. The molecule has 1 aromatic heterocycles. The van der Waals surface area contributed by atoms with Crippen molar-refractivity contribution < 1.29 is 0 Å². The molecule has 0 aliphatic carbocycles. The van der Waals surface area contributed by atoms with Crippen molar-refractivity contribution in [3.8, 4) is 0 Å². The first-order valence-electron chi connectivity index (χ1n) is 10.6. The van der Waals surface area contributed by atoms with E-state index in [-0.39, 0.29) is 0 Å². The molecule has 0 N–H and O–H groups in total. The number of benzene rings is 2. The first-order chi connectivity index (χ1) is 13.7. The average Bonchev–Trinajstić information content (AvgIpc) is 3.19. The minimum atomic E-state index is 0.963. The Balaban J connectivity index is 1.56. The fourth-order valence-electron chi connectivity index (χ4n) is 4.06. The van der Waals surface area contributed by atoms with E-state index in [9.17, 15) is 0 Å². The quantitative estimate of drug-likeness (QED) is 0.460. The van der Waals surface area contributed by atoms with Crippen LogP contribution in [0.2, 0.25) is 0 Å². The Morgan fingerprint density at radius 3 is 2.68 bits per heavy atom. The van der Waals surface area contributed by atoms with Crippen LogP contribution in [0.4, 0.5) is 5.69 Å². The molecule has 0 unspecified atom stereocenters. The van der Waals surface area contributed by atoms with Crippen molar-refractivity contribution in [2.45, 2.75) is 52.4 Å². The molecule has 1 saturated heterocycles. The van der Waals surface area contributed by atoms with Gasteiger partial charge in [0.05, 0.1) is 15.9 Å². The molecule has 0 atom stereocenters. The van der Waals surface area contributed by atoms with Gasteiger partial charge in [0.25, 0.3) is 0 Å². The third-order valence-electron chi connectivity index (χ3n) is 5.84. The molecule has 3 aromatic rings. The smallest absolute Gasteiger partial charge is 0.120 e. The fourth-order valence-corrected chi connectivity index (χ4v) is 5.24. The molecule has 2 aromatic carbocycles. The second-order valence-electron chi connectivity index (χ2n) is 7.92. The molecule has 0 spiro atoms. The monoisotopic (exact) mass is 390 g/mol. The van der Waals surface area contributed by atoms with Crippen LogP contribution in [0, 0.1) is 6.92 Å². The van der Waals surface area contributed by atoms with E-state index in [4.69, 9.17) is 4.98 Å². The summed E-state index contributed by atoms with van der Waals surface area (Å²) < 4.78 is 1.34. The van der Waals surface area contributed by atoms with Gasteiger partial charge < -0.3 is 4.90 Å². The lowest BCUT2D eigenvalue weighted by Crippen LogP contribution is -2.29. The van der Waals surface area contributed by atoms with E-state index in [1.807, 2.05) is 11.3 Å². The second-order valence-corrected chi connectivity index (χ2v) is 8.92. The van der Waals surface area contributed by atoms with Crippen LogP contribution in [0.25, 0.3) is 15.8 Å². The van der Waals surface area contributed by atoms with Crippen LogP contribution in [-0.4, -0.2) is 18.1 Å². The molecule has 4 rings (SSSR count). The van der Waals surface area contributed by atoms with E-state index in [2.05, 4.69) is 61.7 Å². The van der Waals surface area contributed by atoms with Crippen molar-refractivity contribution in [3.05, 3.63) is 64.7 Å². The fraction of sp³-hybridized carbons (Fsp3) is 0.400. The van der Waals surface area contributed by atoms with Crippen molar-refractivity contribution >= 4 is 32.8 Å². The minimum absolute atomic E-state index is 0.963. The third-order valence-corrected chi connectivity index (χ3v) is 7.02. The van der Waals surface area contributed by atoms with Gasteiger partial charge in [0.15, 0.2) is 0 Å². The summed E-state index contributed by atoms with van der Waals surface area (Å²) in [7, 11) is 0. The molecule has 146 valence electrons. The Labute approximate surface area is 172 Å². The average molecular weight is 391 g/mol. The van der Waals surface area contributed by atoms with Gasteiger partial charge in [-0.1, -0.05) is 43.8 Å². The number of rotatable bonds is 6. The van der Waals surface area contributed by atoms with Gasteiger partial charge >= 0.3 is 0 Å². The predicted molar refractivity (Wildman–Crippen MR) is 124 cm³/mol. The van der Waals surface area contributed by atoms with E-state index in [1.165, 1.54) is 59.4 Å². The van der Waals surface area contributed by atoms with E-state index in [0.29, 0.717) is 0 Å². The van der Waals surface area contributed by atoms with Gasteiger partial charge in [-0.3, -0.25) is 0 Å². The van der Waals surface area contributed by atoms with Crippen LogP contribution in [0.3, 0.4) is 0 Å². The van der Waals surface area contributed by atoms with Crippen LogP contribution in [-0.2, 0) is 12.8 Å². The lowest BCUT2D eigenvalue weighted by molar-refractivity contribution is 0.579. The maximum absolute atomic E-state index is 5.01. The molecule has 1 fully saturated rings. The first kappa shape index (κ1) is 19.2. The van der Waals surface area contributed by atoms with Crippen LogP contribution in [0.15, 0.2) is 43.0 Å². The highest BCUT2D eigenvalue weighted by Crippen LogP contribution is 2.37. The number of allylic oxidation sites excluding steroid dienone is 1. The standard InChI is InChI=1S/C25H30N2S/c1-4-20-9-8-10-21(17-20)13-11-19(3)25-26-23-18(2)12-14-22(24(23)28-25)27-15-6-5-7-16-27/h8-10,12,14,17H,3-7,11,13,15-16H2,1-2H3. The van der Waals surface area contributed by atoms with Gasteiger partial charge in [-0.05, 0) is 73.8 Å². The number of fused-ring (bicyclic) bond motifs is 1. The van der Waals surface area contributed by atoms with Gasteiger partial charge in [0.2, 0.25) is 0 Å². The van der Waals surface area contributed by atoms with Gasteiger partial charge in [0.1, 0.15) is 5.01 Å². The summed E-state index contributed by atoms with van der Waals surface area (Å²) in [5.74, 6) is 0. The molecule has 2 nitrogen and oxygen atoms in total. The number of hydrogen-bond acceptors (Lipinski definition) is 3. The summed E-state index contributed by atoms with van der Waals surface area (Å²) in [5, 5.41) is 1.11. The molecule has 0 saturated carbocycles. The lowest BCUT2D eigenvalue weighted by Gasteiger charge is -2.29. The van der Waals surface area contributed by atoms with Crippen LogP contribution >= 0.6 is 11.3 Å². The van der Waals surface area contributed by atoms with Gasteiger partial charge in [0, 0.05) is 13.1 Å². The summed E-state index contributed by atoms with van der Waals surface area (Å²) in [6.07, 6.45) is 7.03. The summed E-state index contributed by atoms with van der Waals surface area (Å²) >= 11 is 1.83. The van der Waals surface area contributed by atoms with Crippen molar-refractivity contribution in [2.24, 2.45) is 0 Å². The normalized spacial score (nSPS) is 14.6. The van der Waals surface area contributed by atoms with Gasteiger partial charge in [-0.15, -0.1) is 11.3 Å². The summed E-state index contributed by atoms with van der Waals surface area (Å²) in [6.45, 7) is 11.1. The number of aryl methyl sites for hydroxylation is 3. The molecule has 0 amide bonds. The molecule has 0 radical (unpaired) electrons. The van der Waals surface area contributed by atoms with Crippen LogP contribution in [0.1, 0.15) is 54.3 Å². The van der Waals surface area contributed by atoms with Crippen molar-refractivity contribution in [3.63, 3.8) is 0 Å². The van der Waals surface area contributed by atoms with Crippen molar-refractivity contribution in [2.75, 3.05) is 18.0 Å². The summed E-state index contributed by atoms with van der Waals surface area (Å²) in [6, 6.07) is 13.5. The Kier molecular flexibility index (Phi) is 5.82. The summed E-state index contributed by atoms with van der Waals surface area (Å²) in [5.41, 5.74) is 7.76. The topological polar surface area (TPSA) is 16.1 Å². The Hall–Kier alpha value is -2.13. The highest BCUT2D eigenvalue weighted by atomic mass is 32.1. The number of piperidine rings is 1. The number of nitrogens with zero attached hydrogens (tertiary/aromatic N) is 2. The zero-order valence-electron chi connectivity index (χ0n) is 17.1. The molecule has 0 bridgehead atoms.